The fraction of sp³-hybridized carbons (Fsp3) is 0.143. The third kappa shape index (κ3) is 2.78. The lowest BCUT2D eigenvalue weighted by Crippen LogP contribution is -2.13. The molecule has 0 aliphatic carbocycles. The zero-order chi connectivity index (χ0) is 12.3. The highest BCUT2D eigenvalue weighted by Gasteiger charge is 2.12. The Morgan fingerprint density at radius 3 is 2.41 bits per heavy atom. The molecule has 0 amide bonds. The average molecular weight is 248 g/mol. The molecule has 0 aliphatic rings. The molecule has 2 aromatic carbocycles. The van der Waals surface area contributed by atoms with Gasteiger partial charge in [-0.1, -0.05) is 48.0 Å². The van der Waals surface area contributed by atoms with Gasteiger partial charge in [-0.15, -0.1) is 0 Å². The van der Waals surface area contributed by atoms with Gasteiger partial charge in [0.25, 0.3) is 0 Å². The second kappa shape index (κ2) is 5.21. The van der Waals surface area contributed by atoms with Crippen LogP contribution in [0.2, 0.25) is 5.02 Å². The number of phenolic OH excluding ortho intramolecular Hbond substituents is 1. The number of benzene rings is 2. The molecule has 0 saturated carbocycles. The fourth-order valence-corrected chi connectivity index (χ4v) is 2.03. The van der Waals surface area contributed by atoms with E-state index in [4.69, 9.17) is 17.3 Å². The van der Waals surface area contributed by atoms with Crippen LogP contribution in [0.5, 0.6) is 5.75 Å². The van der Waals surface area contributed by atoms with E-state index in [0.717, 1.165) is 5.56 Å². The molecule has 88 valence electrons. The predicted molar refractivity (Wildman–Crippen MR) is 70.2 cm³/mol. The molecule has 0 heterocycles. The maximum Gasteiger partial charge on any atom is 0.120 e. The first kappa shape index (κ1) is 12.0. The van der Waals surface area contributed by atoms with E-state index in [1.165, 1.54) is 0 Å². The SMILES string of the molecule is NC(Cc1c(O)cccc1Cl)c1ccccc1. The summed E-state index contributed by atoms with van der Waals surface area (Å²) in [7, 11) is 0. The van der Waals surface area contributed by atoms with Crippen molar-refractivity contribution in [3.8, 4) is 5.75 Å². The van der Waals surface area contributed by atoms with Gasteiger partial charge in [0.1, 0.15) is 5.75 Å². The summed E-state index contributed by atoms with van der Waals surface area (Å²) in [5.41, 5.74) is 7.83. The summed E-state index contributed by atoms with van der Waals surface area (Å²) < 4.78 is 0. The van der Waals surface area contributed by atoms with Crippen LogP contribution >= 0.6 is 11.6 Å². The van der Waals surface area contributed by atoms with Crippen molar-refractivity contribution < 1.29 is 5.11 Å². The van der Waals surface area contributed by atoms with Crippen molar-refractivity contribution in [3.63, 3.8) is 0 Å². The normalized spacial score (nSPS) is 12.4. The van der Waals surface area contributed by atoms with Crippen molar-refractivity contribution in [2.45, 2.75) is 12.5 Å². The van der Waals surface area contributed by atoms with Crippen LogP contribution in [-0.2, 0) is 6.42 Å². The van der Waals surface area contributed by atoms with Crippen LogP contribution < -0.4 is 5.73 Å². The van der Waals surface area contributed by atoms with Gasteiger partial charge in [-0.2, -0.15) is 0 Å². The smallest absolute Gasteiger partial charge is 0.120 e. The van der Waals surface area contributed by atoms with Crippen molar-refractivity contribution >= 4 is 11.6 Å². The number of nitrogens with two attached hydrogens (primary N) is 1. The Morgan fingerprint density at radius 1 is 1.06 bits per heavy atom. The number of phenols is 1. The van der Waals surface area contributed by atoms with Crippen molar-refractivity contribution in [1.29, 1.82) is 0 Å². The van der Waals surface area contributed by atoms with Gasteiger partial charge in [0.2, 0.25) is 0 Å². The van der Waals surface area contributed by atoms with Crippen molar-refractivity contribution in [1.82, 2.24) is 0 Å². The third-order valence-corrected chi connectivity index (χ3v) is 3.10. The van der Waals surface area contributed by atoms with E-state index in [1.807, 2.05) is 30.3 Å². The molecule has 1 unspecified atom stereocenters. The lowest BCUT2D eigenvalue weighted by Gasteiger charge is -2.14. The van der Waals surface area contributed by atoms with Gasteiger partial charge in [0.05, 0.1) is 0 Å². The predicted octanol–water partition coefficient (Wildman–Crippen LogP) is 3.29. The molecule has 2 nitrogen and oxygen atoms in total. The minimum absolute atomic E-state index is 0.165. The first-order valence-electron chi connectivity index (χ1n) is 5.45. The van der Waals surface area contributed by atoms with E-state index >= 15 is 0 Å². The van der Waals surface area contributed by atoms with Crippen molar-refractivity contribution in [3.05, 3.63) is 64.7 Å². The summed E-state index contributed by atoms with van der Waals surface area (Å²) in [5.74, 6) is 0.198. The maximum absolute atomic E-state index is 9.75. The first-order valence-corrected chi connectivity index (χ1v) is 5.83. The molecule has 3 heteroatoms. The summed E-state index contributed by atoms with van der Waals surface area (Å²) in [6, 6.07) is 14.7. The molecule has 3 N–H and O–H groups in total. The van der Waals surface area contributed by atoms with Crippen molar-refractivity contribution in [2.24, 2.45) is 5.73 Å². The molecule has 0 aliphatic heterocycles. The van der Waals surface area contributed by atoms with E-state index in [2.05, 4.69) is 0 Å². The number of hydrogen-bond donors (Lipinski definition) is 2. The number of hydrogen-bond acceptors (Lipinski definition) is 2. The molecule has 0 radical (unpaired) electrons. The molecule has 0 spiro atoms. The zero-order valence-corrected chi connectivity index (χ0v) is 10.1. The summed E-state index contributed by atoms with van der Waals surface area (Å²) in [5, 5.41) is 10.3. The molecule has 2 rings (SSSR count). The standard InChI is InChI=1S/C14H14ClNO/c15-12-7-4-8-14(17)11(12)9-13(16)10-5-2-1-3-6-10/h1-8,13,17H,9,16H2. The molecule has 17 heavy (non-hydrogen) atoms. The van der Waals surface area contributed by atoms with Gasteiger partial charge in [0, 0.05) is 16.6 Å². The van der Waals surface area contributed by atoms with Crippen LogP contribution in [-0.4, -0.2) is 5.11 Å². The van der Waals surface area contributed by atoms with Crippen LogP contribution in [0, 0.1) is 0 Å². The topological polar surface area (TPSA) is 46.2 Å². The first-order chi connectivity index (χ1) is 8.18. The summed E-state index contributed by atoms with van der Waals surface area (Å²) in [4.78, 5) is 0. The Hall–Kier alpha value is -1.51. The molecular weight excluding hydrogens is 234 g/mol. The number of halogens is 1. The Kier molecular flexibility index (Phi) is 3.67. The van der Waals surface area contributed by atoms with Crippen LogP contribution in [0.4, 0.5) is 0 Å². The van der Waals surface area contributed by atoms with Crippen LogP contribution in [0.15, 0.2) is 48.5 Å². The minimum atomic E-state index is -0.165. The molecule has 0 aromatic heterocycles. The summed E-state index contributed by atoms with van der Waals surface area (Å²) >= 11 is 6.05. The fourth-order valence-electron chi connectivity index (χ4n) is 1.79. The quantitative estimate of drug-likeness (QED) is 0.874. The van der Waals surface area contributed by atoms with E-state index in [1.54, 1.807) is 18.2 Å². The molecule has 2 aromatic rings. The zero-order valence-electron chi connectivity index (χ0n) is 9.31. The second-order valence-corrected chi connectivity index (χ2v) is 4.37. The Morgan fingerprint density at radius 2 is 1.76 bits per heavy atom. The van der Waals surface area contributed by atoms with Gasteiger partial charge < -0.3 is 10.8 Å². The Bertz CT molecular complexity index is 479. The van der Waals surface area contributed by atoms with Gasteiger partial charge in [-0.3, -0.25) is 0 Å². The highest BCUT2D eigenvalue weighted by Crippen LogP contribution is 2.29. The highest BCUT2D eigenvalue weighted by molar-refractivity contribution is 6.31. The third-order valence-electron chi connectivity index (χ3n) is 2.75. The lowest BCUT2D eigenvalue weighted by atomic mass is 9.99. The Balaban J connectivity index is 2.22. The Labute approximate surface area is 106 Å². The minimum Gasteiger partial charge on any atom is -0.508 e. The number of rotatable bonds is 3. The van der Waals surface area contributed by atoms with E-state index in [-0.39, 0.29) is 11.8 Å². The van der Waals surface area contributed by atoms with Gasteiger partial charge in [0.15, 0.2) is 0 Å². The van der Waals surface area contributed by atoms with E-state index < -0.39 is 0 Å². The second-order valence-electron chi connectivity index (χ2n) is 3.96. The van der Waals surface area contributed by atoms with E-state index in [0.29, 0.717) is 17.0 Å². The monoisotopic (exact) mass is 247 g/mol. The maximum atomic E-state index is 9.75. The van der Waals surface area contributed by atoms with Gasteiger partial charge in [-0.25, -0.2) is 0 Å². The average Bonchev–Trinajstić information content (AvgIpc) is 2.35. The van der Waals surface area contributed by atoms with Crippen molar-refractivity contribution in [2.75, 3.05) is 0 Å². The molecule has 1 atom stereocenters. The van der Waals surface area contributed by atoms with Gasteiger partial charge >= 0.3 is 0 Å². The molecule has 0 saturated heterocycles. The van der Waals surface area contributed by atoms with Crippen LogP contribution in [0.1, 0.15) is 17.2 Å². The molecule has 0 fully saturated rings. The summed E-state index contributed by atoms with van der Waals surface area (Å²) in [6.45, 7) is 0. The van der Waals surface area contributed by atoms with Gasteiger partial charge in [-0.05, 0) is 24.1 Å². The molecule has 0 bridgehead atoms. The van der Waals surface area contributed by atoms with E-state index in [9.17, 15) is 5.11 Å². The lowest BCUT2D eigenvalue weighted by molar-refractivity contribution is 0.465. The highest BCUT2D eigenvalue weighted by atomic mass is 35.5. The summed E-state index contributed by atoms with van der Waals surface area (Å²) in [6.07, 6.45) is 0.523. The van der Waals surface area contributed by atoms with Crippen LogP contribution in [0.25, 0.3) is 0 Å². The largest absolute Gasteiger partial charge is 0.508 e. The number of aromatic hydroxyl groups is 1. The molecular formula is C14H14ClNO. The van der Waals surface area contributed by atoms with Crippen LogP contribution in [0.3, 0.4) is 0 Å².